The van der Waals surface area contributed by atoms with Gasteiger partial charge >= 0.3 is 0 Å². The Bertz CT molecular complexity index is 409. The van der Waals surface area contributed by atoms with Crippen LogP contribution in [0, 0.1) is 0 Å². The third-order valence-corrected chi connectivity index (χ3v) is 6.21. The molecule has 3 N–H and O–H groups in total. The van der Waals surface area contributed by atoms with Crippen LogP contribution < -0.4 is 5.73 Å². The quantitative estimate of drug-likeness (QED) is 0.365. The van der Waals surface area contributed by atoms with Crippen LogP contribution in [0.5, 0.6) is 0 Å². The summed E-state index contributed by atoms with van der Waals surface area (Å²) in [5.41, 5.74) is 5.46. The van der Waals surface area contributed by atoms with Gasteiger partial charge in [-0.05, 0) is 6.42 Å². The van der Waals surface area contributed by atoms with E-state index in [-0.39, 0.29) is 6.61 Å². The van der Waals surface area contributed by atoms with Crippen LogP contribution in [0.3, 0.4) is 0 Å². The Labute approximate surface area is 164 Å². The lowest BCUT2D eigenvalue weighted by Gasteiger charge is -2.35. The molecule has 0 saturated carbocycles. The molecular weight excluding hydrogens is 346 g/mol. The Hall–Kier alpha value is -0.320. The molecule has 3 rings (SSSR count). The first-order valence-corrected chi connectivity index (χ1v) is 10.7. The SMILES string of the molecule is NCCOCCN1C[C@@H]2C[C@H]1CN2CCOCCN1CCN(CCO)CC1. The predicted molar refractivity (Wildman–Crippen MR) is 106 cm³/mol. The molecule has 3 saturated heterocycles. The Morgan fingerprint density at radius 2 is 1.26 bits per heavy atom. The number of aliphatic hydroxyl groups excluding tert-OH is 1. The molecule has 27 heavy (non-hydrogen) atoms. The normalized spacial score (nSPS) is 27.8. The Kier molecular flexibility index (Phi) is 9.21. The smallest absolute Gasteiger partial charge is 0.0594 e. The summed E-state index contributed by atoms with van der Waals surface area (Å²) < 4.78 is 11.4. The third-order valence-electron chi connectivity index (χ3n) is 6.21. The van der Waals surface area contributed by atoms with Gasteiger partial charge in [0.05, 0.1) is 33.0 Å². The van der Waals surface area contributed by atoms with Gasteiger partial charge in [0, 0.05) is 84.1 Å². The lowest BCUT2D eigenvalue weighted by molar-refractivity contribution is 0.0430. The summed E-state index contributed by atoms with van der Waals surface area (Å²) in [5.74, 6) is 0. The van der Waals surface area contributed by atoms with Crippen molar-refractivity contribution in [1.82, 2.24) is 19.6 Å². The average Bonchev–Trinajstić information content (AvgIpc) is 3.27. The van der Waals surface area contributed by atoms with E-state index in [0.717, 1.165) is 72.2 Å². The largest absolute Gasteiger partial charge is 0.395 e. The molecule has 0 aromatic rings. The van der Waals surface area contributed by atoms with E-state index in [4.69, 9.17) is 20.3 Å². The van der Waals surface area contributed by atoms with Crippen LogP contribution >= 0.6 is 0 Å². The molecule has 8 nitrogen and oxygen atoms in total. The van der Waals surface area contributed by atoms with Crippen LogP contribution in [-0.4, -0.2) is 142 Å². The fraction of sp³-hybridized carbons (Fsp3) is 1.00. The molecule has 8 heteroatoms. The van der Waals surface area contributed by atoms with Crippen molar-refractivity contribution >= 4 is 0 Å². The third kappa shape index (κ3) is 6.61. The van der Waals surface area contributed by atoms with E-state index in [1.54, 1.807) is 0 Å². The van der Waals surface area contributed by atoms with Crippen LogP contribution in [0.15, 0.2) is 0 Å². The highest BCUT2D eigenvalue weighted by Crippen LogP contribution is 2.29. The van der Waals surface area contributed by atoms with Crippen molar-refractivity contribution in [2.24, 2.45) is 5.73 Å². The van der Waals surface area contributed by atoms with Gasteiger partial charge in [-0.15, -0.1) is 0 Å². The molecule has 3 fully saturated rings. The second-order valence-electron chi connectivity index (χ2n) is 7.95. The van der Waals surface area contributed by atoms with Crippen molar-refractivity contribution in [3.8, 4) is 0 Å². The van der Waals surface area contributed by atoms with Crippen molar-refractivity contribution in [1.29, 1.82) is 0 Å². The number of rotatable bonds is 13. The maximum atomic E-state index is 8.99. The van der Waals surface area contributed by atoms with Crippen molar-refractivity contribution in [2.45, 2.75) is 18.5 Å². The molecule has 3 heterocycles. The highest BCUT2D eigenvalue weighted by Gasteiger charge is 2.42. The molecule has 0 spiro atoms. The highest BCUT2D eigenvalue weighted by molar-refractivity contribution is 4.99. The van der Waals surface area contributed by atoms with Gasteiger partial charge in [-0.1, -0.05) is 0 Å². The number of β-amino-alcohol motifs (C(OH)–C–C–N with tert-alkyl or cyclic N) is 1. The number of hydrogen-bond acceptors (Lipinski definition) is 8. The van der Waals surface area contributed by atoms with Gasteiger partial charge in [0.2, 0.25) is 0 Å². The zero-order valence-electron chi connectivity index (χ0n) is 16.8. The van der Waals surface area contributed by atoms with Crippen molar-refractivity contribution in [3.63, 3.8) is 0 Å². The van der Waals surface area contributed by atoms with E-state index < -0.39 is 0 Å². The lowest BCUT2D eigenvalue weighted by atomic mass is 10.2. The second kappa shape index (κ2) is 11.6. The maximum Gasteiger partial charge on any atom is 0.0594 e. The number of hydrogen-bond donors (Lipinski definition) is 2. The van der Waals surface area contributed by atoms with Gasteiger partial charge in [0.1, 0.15) is 0 Å². The fourth-order valence-corrected chi connectivity index (χ4v) is 4.60. The maximum absolute atomic E-state index is 8.99. The number of piperazine rings is 2. The van der Waals surface area contributed by atoms with E-state index in [9.17, 15) is 0 Å². The fourth-order valence-electron chi connectivity index (χ4n) is 4.60. The molecule has 2 bridgehead atoms. The predicted octanol–water partition coefficient (Wildman–Crippen LogP) is -1.65. The molecule has 0 aromatic carbocycles. The molecule has 2 atom stereocenters. The molecule has 0 unspecified atom stereocenters. The van der Waals surface area contributed by atoms with Crippen LogP contribution in [0.1, 0.15) is 6.42 Å². The van der Waals surface area contributed by atoms with Crippen molar-refractivity contribution < 1.29 is 14.6 Å². The number of fused-ring (bicyclic) bond motifs is 2. The van der Waals surface area contributed by atoms with Crippen molar-refractivity contribution in [2.75, 3.05) is 105 Å². The van der Waals surface area contributed by atoms with E-state index in [0.29, 0.717) is 25.2 Å². The van der Waals surface area contributed by atoms with Gasteiger partial charge in [-0.25, -0.2) is 0 Å². The van der Waals surface area contributed by atoms with Crippen LogP contribution in [0.4, 0.5) is 0 Å². The van der Waals surface area contributed by atoms with Crippen molar-refractivity contribution in [3.05, 3.63) is 0 Å². The Morgan fingerprint density at radius 3 is 1.78 bits per heavy atom. The number of nitrogens with zero attached hydrogens (tertiary/aromatic N) is 4. The minimum atomic E-state index is 0.265. The lowest BCUT2D eigenvalue weighted by Crippen LogP contribution is -2.48. The number of aliphatic hydroxyl groups is 1. The number of likely N-dealkylation sites (tertiary alicyclic amines) is 2. The van der Waals surface area contributed by atoms with Gasteiger partial charge in [0.15, 0.2) is 0 Å². The number of nitrogens with two attached hydrogens (primary N) is 1. The monoisotopic (exact) mass is 385 g/mol. The summed E-state index contributed by atoms with van der Waals surface area (Å²) in [4.78, 5) is 9.98. The van der Waals surface area contributed by atoms with E-state index in [1.807, 2.05) is 0 Å². The molecule has 0 aromatic heterocycles. The van der Waals surface area contributed by atoms with E-state index in [2.05, 4.69) is 19.6 Å². The zero-order chi connectivity index (χ0) is 18.9. The Balaban J connectivity index is 1.19. The molecule has 3 aliphatic heterocycles. The first-order chi connectivity index (χ1) is 13.3. The summed E-state index contributed by atoms with van der Waals surface area (Å²) in [6.07, 6.45) is 1.30. The van der Waals surface area contributed by atoms with Gasteiger partial charge in [-0.2, -0.15) is 0 Å². The summed E-state index contributed by atoms with van der Waals surface area (Å²) in [6.45, 7) is 14.6. The first-order valence-electron chi connectivity index (χ1n) is 10.7. The molecule has 3 aliphatic rings. The summed E-state index contributed by atoms with van der Waals surface area (Å²) in [5, 5.41) is 8.99. The van der Waals surface area contributed by atoms with Gasteiger partial charge in [0.25, 0.3) is 0 Å². The zero-order valence-corrected chi connectivity index (χ0v) is 16.8. The first kappa shape index (κ1) is 21.4. The van der Waals surface area contributed by atoms with Gasteiger partial charge in [-0.3, -0.25) is 19.6 Å². The minimum Gasteiger partial charge on any atom is -0.395 e. The van der Waals surface area contributed by atoms with E-state index in [1.165, 1.54) is 19.5 Å². The second-order valence-corrected chi connectivity index (χ2v) is 7.95. The average molecular weight is 386 g/mol. The number of ether oxygens (including phenoxy) is 2. The molecule has 0 aliphatic carbocycles. The topological polar surface area (TPSA) is 77.7 Å². The molecule has 0 amide bonds. The van der Waals surface area contributed by atoms with E-state index >= 15 is 0 Å². The van der Waals surface area contributed by atoms with Crippen LogP contribution in [0.25, 0.3) is 0 Å². The highest BCUT2D eigenvalue weighted by atomic mass is 16.5. The summed E-state index contributed by atoms with van der Waals surface area (Å²) in [7, 11) is 0. The van der Waals surface area contributed by atoms with Crippen LogP contribution in [-0.2, 0) is 9.47 Å². The standard InChI is InChI=1S/C19H39N5O3/c20-1-11-26-13-8-23-16-19-15-18(23)17-24(19)9-14-27-12-7-22-4-2-21(3-5-22)6-10-25/h18-19,25H,1-17,20H2/t18-,19-/m0/s1. The van der Waals surface area contributed by atoms with Gasteiger partial charge < -0.3 is 20.3 Å². The summed E-state index contributed by atoms with van der Waals surface area (Å²) >= 11 is 0. The molecular formula is C19H39N5O3. The molecule has 158 valence electrons. The Morgan fingerprint density at radius 1 is 0.741 bits per heavy atom. The van der Waals surface area contributed by atoms with Crippen LogP contribution in [0.2, 0.25) is 0 Å². The molecule has 0 radical (unpaired) electrons. The minimum absolute atomic E-state index is 0.265. The summed E-state index contributed by atoms with van der Waals surface area (Å²) in [6, 6.07) is 1.40.